The molecule has 1 atom stereocenters. The Morgan fingerprint density at radius 2 is 1.82 bits per heavy atom. The van der Waals surface area contributed by atoms with Crippen molar-refractivity contribution in [2.24, 2.45) is 5.92 Å². The first-order valence-electron chi connectivity index (χ1n) is 12.1. The van der Waals surface area contributed by atoms with E-state index in [-0.39, 0.29) is 17.8 Å². The van der Waals surface area contributed by atoms with Crippen LogP contribution in [0.25, 0.3) is 10.9 Å². The van der Waals surface area contributed by atoms with Crippen LogP contribution in [-0.4, -0.2) is 16.9 Å². The minimum Gasteiger partial charge on any atom is -0.353 e. The summed E-state index contributed by atoms with van der Waals surface area (Å²) >= 11 is 6.06. The first kappa shape index (κ1) is 22.3. The number of benzene rings is 2. The van der Waals surface area contributed by atoms with Crippen LogP contribution >= 0.6 is 11.6 Å². The van der Waals surface area contributed by atoms with E-state index < -0.39 is 5.41 Å². The molecule has 2 aromatic carbocycles. The molecular weight excluding hydrogens is 435 g/mol. The fourth-order valence-electron chi connectivity index (χ4n) is 5.83. The third kappa shape index (κ3) is 4.26. The Morgan fingerprint density at radius 1 is 1.09 bits per heavy atom. The molecule has 5 rings (SSSR count). The largest absolute Gasteiger partial charge is 0.353 e. The number of carbonyl (C=O) groups excluding carboxylic acids is 1. The highest BCUT2D eigenvalue weighted by Gasteiger charge is 2.46. The molecule has 0 aliphatic heterocycles. The number of rotatable bonds is 5. The Balaban J connectivity index is 1.24. The molecule has 2 saturated carbocycles. The number of nitrogens with one attached hydrogen (secondary N) is 1. The summed E-state index contributed by atoms with van der Waals surface area (Å²) in [7, 11) is 0. The van der Waals surface area contributed by atoms with E-state index in [0.29, 0.717) is 16.9 Å². The average molecular weight is 465 g/mol. The SMILES string of the molecule is C[C@@H](NC(=O)C1(c2ccc(Cl)cc2)CCC1)[C@H]1CC[C@H](c2ccnc3ccc(F)cc32)CC1. The van der Waals surface area contributed by atoms with Gasteiger partial charge in [-0.15, -0.1) is 0 Å². The van der Waals surface area contributed by atoms with Crippen LogP contribution in [0.15, 0.2) is 54.7 Å². The second-order valence-corrected chi connectivity index (χ2v) is 10.3. The molecule has 0 saturated heterocycles. The van der Waals surface area contributed by atoms with Gasteiger partial charge in [0.1, 0.15) is 5.82 Å². The van der Waals surface area contributed by atoms with Crippen molar-refractivity contribution in [3.63, 3.8) is 0 Å². The molecule has 1 heterocycles. The van der Waals surface area contributed by atoms with Gasteiger partial charge in [0.05, 0.1) is 10.9 Å². The number of halogens is 2. The number of nitrogens with zero attached hydrogens (tertiary/aromatic N) is 1. The lowest BCUT2D eigenvalue weighted by atomic mass is 9.63. The van der Waals surface area contributed by atoms with E-state index in [2.05, 4.69) is 17.2 Å². The van der Waals surface area contributed by atoms with Crippen molar-refractivity contribution in [3.05, 3.63) is 76.7 Å². The molecule has 2 fully saturated rings. The first-order chi connectivity index (χ1) is 16.0. The van der Waals surface area contributed by atoms with Crippen LogP contribution in [0.5, 0.6) is 0 Å². The molecule has 1 N–H and O–H groups in total. The van der Waals surface area contributed by atoms with Gasteiger partial charge in [-0.1, -0.05) is 30.2 Å². The Bertz CT molecular complexity index is 1150. The van der Waals surface area contributed by atoms with Crippen LogP contribution in [0.1, 0.15) is 68.9 Å². The molecule has 0 bridgehead atoms. The zero-order valence-corrected chi connectivity index (χ0v) is 19.7. The van der Waals surface area contributed by atoms with Gasteiger partial charge in [0.2, 0.25) is 5.91 Å². The van der Waals surface area contributed by atoms with Crippen LogP contribution < -0.4 is 5.32 Å². The van der Waals surface area contributed by atoms with E-state index in [0.717, 1.165) is 61.4 Å². The molecule has 33 heavy (non-hydrogen) atoms. The summed E-state index contributed by atoms with van der Waals surface area (Å²) in [5, 5.41) is 4.99. The summed E-state index contributed by atoms with van der Waals surface area (Å²) in [6.45, 7) is 2.15. The van der Waals surface area contributed by atoms with Gasteiger partial charge in [0.25, 0.3) is 0 Å². The lowest BCUT2D eigenvalue weighted by Gasteiger charge is -2.42. The molecule has 172 valence electrons. The predicted molar refractivity (Wildman–Crippen MR) is 131 cm³/mol. The Labute approximate surface area is 199 Å². The summed E-state index contributed by atoms with van der Waals surface area (Å²) in [4.78, 5) is 17.8. The second kappa shape index (κ2) is 9.06. The normalized spacial score (nSPS) is 23.0. The molecule has 3 aromatic rings. The summed E-state index contributed by atoms with van der Waals surface area (Å²) in [6, 6.07) is 14.8. The van der Waals surface area contributed by atoms with Crippen molar-refractivity contribution < 1.29 is 9.18 Å². The topological polar surface area (TPSA) is 42.0 Å². The maximum Gasteiger partial charge on any atom is 0.230 e. The summed E-state index contributed by atoms with van der Waals surface area (Å²) in [5.41, 5.74) is 2.72. The van der Waals surface area contributed by atoms with Gasteiger partial charge in [0.15, 0.2) is 0 Å². The van der Waals surface area contributed by atoms with Crippen molar-refractivity contribution >= 4 is 28.4 Å². The number of hydrogen-bond donors (Lipinski definition) is 1. The zero-order chi connectivity index (χ0) is 23.0. The third-order valence-electron chi connectivity index (χ3n) is 8.05. The molecule has 5 heteroatoms. The van der Waals surface area contributed by atoms with Gasteiger partial charge in [-0.05, 0) is 105 Å². The highest BCUT2D eigenvalue weighted by Crippen LogP contribution is 2.45. The van der Waals surface area contributed by atoms with Gasteiger partial charge in [-0.3, -0.25) is 9.78 Å². The number of amides is 1. The third-order valence-corrected chi connectivity index (χ3v) is 8.31. The van der Waals surface area contributed by atoms with Crippen molar-refractivity contribution in [2.45, 2.75) is 69.2 Å². The van der Waals surface area contributed by atoms with Crippen molar-refractivity contribution in [2.75, 3.05) is 0 Å². The van der Waals surface area contributed by atoms with Gasteiger partial charge >= 0.3 is 0 Å². The van der Waals surface area contributed by atoms with Crippen LogP contribution in [0, 0.1) is 11.7 Å². The van der Waals surface area contributed by atoms with Gasteiger partial charge in [-0.25, -0.2) is 4.39 Å². The van der Waals surface area contributed by atoms with E-state index in [4.69, 9.17) is 11.6 Å². The molecular formula is C28H30ClFN2O. The minimum absolute atomic E-state index is 0.134. The standard InChI is InChI=1S/C28H30ClFN2O/c1-18(32-27(33)28(14-2-15-28)21-7-9-22(29)10-8-21)19-3-5-20(6-4-19)24-13-16-31-26-12-11-23(30)17-25(24)26/h7-13,16-20H,2-6,14-15H2,1H3,(H,32,33)/t18-,19-,20-/m1/s1. The zero-order valence-electron chi connectivity index (χ0n) is 19.0. The Hall–Kier alpha value is -2.46. The number of aromatic nitrogens is 1. The lowest BCUT2D eigenvalue weighted by Crippen LogP contribution is -2.53. The number of carbonyl (C=O) groups is 1. The summed E-state index contributed by atoms with van der Waals surface area (Å²) in [6.07, 6.45) is 8.90. The lowest BCUT2D eigenvalue weighted by molar-refractivity contribution is -0.131. The molecule has 0 radical (unpaired) electrons. The molecule has 2 aliphatic rings. The van der Waals surface area contributed by atoms with Crippen molar-refractivity contribution in [1.29, 1.82) is 0 Å². The van der Waals surface area contributed by atoms with Crippen LogP contribution in [0.2, 0.25) is 5.02 Å². The predicted octanol–water partition coefficient (Wildman–Crippen LogP) is 6.93. The molecule has 0 unspecified atom stereocenters. The Morgan fingerprint density at radius 3 is 2.48 bits per heavy atom. The molecule has 1 amide bonds. The quantitative estimate of drug-likeness (QED) is 0.445. The fourth-order valence-corrected chi connectivity index (χ4v) is 5.96. The second-order valence-electron chi connectivity index (χ2n) is 9.88. The first-order valence-corrected chi connectivity index (χ1v) is 12.5. The maximum absolute atomic E-state index is 13.9. The fraction of sp³-hybridized carbons (Fsp3) is 0.429. The maximum atomic E-state index is 13.9. The average Bonchev–Trinajstić information content (AvgIpc) is 2.79. The smallest absolute Gasteiger partial charge is 0.230 e. The van der Waals surface area contributed by atoms with Gasteiger partial charge in [-0.2, -0.15) is 0 Å². The number of fused-ring (bicyclic) bond motifs is 1. The summed E-state index contributed by atoms with van der Waals surface area (Å²) < 4.78 is 13.9. The van der Waals surface area contributed by atoms with E-state index in [1.807, 2.05) is 36.5 Å². The van der Waals surface area contributed by atoms with Crippen molar-refractivity contribution in [3.8, 4) is 0 Å². The molecule has 3 nitrogen and oxygen atoms in total. The van der Waals surface area contributed by atoms with E-state index in [1.165, 1.54) is 11.6 Å². The van der Waals surface area contributed by atoms with E-state index in [1.54, 1.807) is 12.1 Å². The van der Waals surface area contributed by atoms with E-state index >= 15 is 0 Å². The van der Waals surface area contributed by atoms with Crippen LogP contribution in [-0.2, 0) is 10.2 Å². The summed E-state index contributed by atoms with van der Waals surface area (Å²) in [5.74, 6) is 0.801. The Kier molecular flexibility index (Phi) is 6.13. The van der Waals surface area contributed by atoms with Gasteiger partial charge in [0, 0.05) is 22.6 Å². The number of hydrogen-bond acceptors (Lipinski definition) is 2. The number of pyridine rings is 1. The highest BCUT2D eigenvalue weighted by molar-refractivity contribution is 6.30. The molecule has 0 spiro atoms. The molecule has 2 aliphatic carbocycles. The monoisotopic (exact) mass is 464 g/mol. The van der Waals surface area contributed by atoms with Crippen LogP contribution in [0.3, 0.4) is 0 Å². The highest BCUT2D eigenvalue weighted by atomic mass is 35.5. The van der Waals surface area contributed by atoms with E-state index in [9.17, 15) is 9.18 Å². The minimum atomic E-state index is -0.407. The molecule has 1 aromatic heterocycles. The van der Waals surface area contributed by atoms with Crippen LogP contribution in [0.4, 0.5) is 4.39 Å². The van der Waals surface area contributed by atoms with Crippen molar-refractivity contribution in [1.82, 2.24) is 10.3 Å². The van der Waals surface area contributed by atoms with Gasteiger partial charge < -0.3 is 5.32 Å².